The van der Waals surface area contributed by atoms with Gasteiger partial charge in [-0.25, -0.2) is 0 Å². The van der Waals surface area contributed by atoms with E-state index >= 15 is 0 Å². The zero-order valence-corrected chi connectivity index (χ0v) is 41.4. The number of unbranched alkanes of at least 4 members (excludes halogenated alkanes) is 20. The van der Waals surface area contributed by atoms with E-state index in [2.05, 4.69) is 80.8 Å². The molecule has 59 heavy (non-hydrogen) atoms. The van der Waals surface area contributed by atoms with Crippen LogP contribution in [0.1, 0.15) is 214 Å². The Hall–Kier alpha value is -1.83. The zero-order chi connectivity index (χ0) is 41.5. The highest BCUT2D eigenvalue weighted by molar-refractivity contribution is 7.30. The molecule has 0 unspecified atom stereocenters. The molecule has 0 radical (unpaired) electrons. The zero-order valence-electron chi connectivity index (χ0n) is 37.4. The van der Waals surface area contributed by atoms with Gasteiger partial charge in [0, 0.05) is 39.0 Å². The molecule has 0 aromatic carbocycles. The average Bonchev–Trinajstić information content (AvgIpc) is 4.10. The average molecular weight is 890 g/mol. The van der Waals surface area contributed by atoms with Gasteiger partial charge in [0.25, 0.3) is 0 Å². The van der Waals surface area contributed by atoms with Crippen molar-refractivity contribution < 1.29 is 4.79 Å². The Balaban J connectivity index is 1.42. The summed E-state index contributed by atoms with van der Waals surface area (Å²) in [7, 11) is 0. The Morgan fingerprint density at radius 3 is 1.19 bits per heavy atom. The van der Waals surface area contributed by atoms with Gasteiger partial charge in [0.2, 0.25) is 0 Å². The van der Waals surface area contributed by atoms with E-state index in [0.29, 0.717) is 0 Å². The summed E-state index contributed by atoms with van der Waals surface area (Å²) in [5.41, 5.74) is 6.01. The Morgan fingerprint density at radius 2 is 0.746 bits per heavy atom. The van der Waals surface area contributed by atoms with Crippen molar-refractivity contribution in [1.82, 2.24) is 0 Å². The van der Waals surface area contributed by atoms with E-state index in [4.69, 9.17) is 0 Å². The molecule has 0 N–H and O–H groups in total. The first-order chi connectivity index (χ1) is 29.1. The van der Waals surface area contributed by atoms with E-state index in [0.717, 1.165) is 24.0 Å². The second kappa shape index (κ2) is 28.0. The van der Waals surface area contributed by atoms with Gasteiger partial charge >= 0.3 is 0 Å². The standard InChI is InChI=1S/C53H76OS5/c1-5-9-13-17-21-25-29-41-35-36-55-50(41)48-38-43(31-27-23-19-15-11-7-3)51(58-48)46-33-34-47(57-46)52-44(32-28-24-20-16-12-8-4)39-49(59-52)53-42(37-45(40-54)56-53)30-26-22-18-14-10-6-2/h33-40H,5-32H2,1-4H3. The number of thiophene rings is 5. The number of carbonyl (C=O) groups excluding carboxylic acids is 1. The normalized spacial score (nSPS) is 11.7. The van der Waals surface area contributed by atoms with Crippen LogP contribution < -0.4 is 0 Å². The molecule has 0 aliphatic rings. The van der Waals surface area contributed by atoms with Crippen LogP contribution in [-0.4, -0.2) is 6.29 Å². The second-order valence-electron chi connectivity index (χ2n) is 17.1. The SMILES string of the molecule is CCCCCCCCc1ccsc1-c1cc(CCCCCCCC)c(-c2ccc(-c3sc(-c4sc(C=O)cc4CCCCCCCC)cc3CCCCCCCC)s2)s1. The summed E-state index contributed by atoms with van der Waals surface area (Å²) >= 11 is 9.74. The van der Waals surface area contributed by atoms with E-state index in [1.807, 2.05) is 34.0 Å². The van der Waals surface area contributed by atoms with Crippen LogP contribution in [0.3, 0.4) is 0 Å². The summed E-state index contributed by atoms with van der Waals surface area (Å²) in [6.07, 6.45) is 37.4. The third kappa shape index (κ3) is 15.5. The van der Waals surface area contributed by atoms with Crippen molar-refractivity contribution in [3.05, 3.63) is 68.9 Å². The maximum Gasteiger partial charge on any atom is 0.160 e. The van der Waals surface area contributed by atoms with Crippen LogP contribution >= 0.6 is 56.7 Å². The highest BCUT2D eigenvalue weighted by Crippen LogP contribution is 2.49. The minimum Gasteiger partial charge on any atom is -0.297 e. The molecule has 1 nitrogen and oxygen atoms in total. The molecule has 5 heterocycles. The van der Waals surface area contributed by atoms with Crippen LogP contribution in [0, 0.1) is 0 Å². The van der Waals surface area contributed by atoms with Crippen LogP contribution in [0.2, 0.25) is 0 Å². The first-order valence-electron chi connectivity index (χ1n) is 24.1. The maximum absolute atomic E-state index is 12.1. The fraction of sp³-hybridized carbons (Fsp3) is 0.604. The predicted molar refractivity (Wildman–Crippen MR) is 271 cm³/mol. The summed E-state index contributed by atoms with van der Waals surface area (Å²) in [5.74, 6) is 0. The molecule has 0 spiro atoms. The maximum atomic E-state index is 12.1. The van der Waals surface area contributed by atoms with Gasteiger partial charge in [-0.2, -0.15) is 0 Å². The van der Waals surface area contributed by atoms with E-state index < -0.39 is 0 Å². The summed E-state index contributed by atoms with van der Waals surface area (Å²) in [5, 5.41) is 2.34. The summed E-state index contributed by atoms with van der Waals surface area (Å²) in [6, 6.07) is 14.6. The molecule has 0 saturated carbocycles. The van der Waals surface area contributed by atoms with Crippen LogP contribution in [0.15, 0.2) is 41.8 Å². The van der Waals surface area contributed by atoms with E-state index in [1.165, 1.54) is 217 Å². The number of hydrogen-bond donors (Lipinski definition) is 0. The number of aryl methyl sites for hydroxylation is 4. The second-order valence-corrected chi connectivity index (χ2v) is 22.2. The topological polar surface area (TPSA) is 17.1 Å². The number of carbonyl (C=O) groups is 1. The molecule has 0 fully saturated rings. The van der Waals surface area contributed by atoms with E-state index in [9.17, 15) is 4.79 Å². The molecular formula is C53H76OS5. The molecule has 324 valence electrons. The Morgan fingerprint density at radius 1 is 0.373 bits per heavy atom. The fourth-order valence-electron chi connectivity index (χ4n) is 8.49. The van der Waals surface area contributed by atoms with Gasteiger partial charge in [0.05, 0.1) is 4.88 Å². The number of hydrogen-bond acceptors (Lipinski definition) is 6. The van der Waals surface area contributed by atoms with E-state index in [-0.39, 0.29) is 0 Å². The molecule has 5 aromatic rings. The largest absolute Gasteiger partial charge is 0.297 e. The molecule has 6 heteroatoms. The Labute approximate surface area is 380 Å². The van der Waals surface area contributed by atoms with E-state index in [1.54, 1.807) is 22.5 Å². The summed E-state index contributed by atoms with van der Waals surface area (Å²) in [4.78, 5) is 24.5. The van der Waals surface area contributed by atoms with Crippen molar-refractivity contribution in [3.63, 3.8) is 0 Å². The van der Waals surface area contributed by atoms with Gasteiger partial charge in [-0.15, -0.1) is 56.7 Å². The van der Waals surface area contributed by atoms with Gasteiger partial charge < -0.3 is 0 Å². The van der Waals surface area contributed by atoms with Gasteiger partial charge in [0.1, 0.15) is 0 Å². The number of aldehydes is 1. The highest BCUT2D eigenvalue weighted by atomic mass is 32.1. The monoisotopic (exact) mass is 888 g/mol. The van der Waals surface area contributed by atoms with Gasteiger partial charge in [-0.05, 0) is 115 Å². The van der Waals surface area contributed by atoms with Crippen molar-refractivity contribution in [2.45, 2.75) is 207 Å². The van der Waals surface area contributed by atoms with Crippen molar-refractivity contribution in [2.24, 2.45) is 0 Å². The van der Waals surface area contributed by atoms with Gasteiger partial charge in [-0.1, -0.05) is 156 Å². The lowest BCUT2D eigenvalue weighted by Gasteiger charge is -2.04. The van der Waals surface area contributed by atoms with Gasteiger partial charge in [0.15, 0.2) is 6.29 Å². The van der Waals surface area contributed by atoms with Crippen LogP contribution in [0.5, 0.6) is 0 Å². The lowest BCUT2D eigenvalue weighted by atomic mass is 10.0. The highest BCUT2D eigenvalue weighted by Gasteiger charge is 2.21. The first-order valence-corrected chi connectivity index (χ1v) is 28.3. The molecule has 5 aromatic heterocycles. The van der Waals surface area contributed by atoms with Gasteiger partial charge in [-0.3, -0.25) is 4.79 Å². The molecule has 0 amide bonds. The quantitative estimate of drug-likeness (QED) is 0.0303. The molecule has 0 aliphatic carbocycles. The lowest BCUT2D eigenvalue weighted by molar-refractivity contribution is 0.112. The Bertz CT molecular complexity index is 1880. The minimum atomic E-state index is 0.874. The molecule has 5 rings (SSSR count). The third-order valence-electron chi connectivity index (χ3n) is 12.0. The van der Waals surface area contributed by atoms with Crippen LogP contribution in [0.25, 0.3) is 39.0 Å². The molecule has 0 atom stereocenters. The third-order valence-corrected chi connectivity index (χ3v) is 18.2. The molecule has 0 saturated heterocycles. The molecule has 0 aliphatic heterocycles. The molecule has 0 bridgehead atoms. The lowest BCUT2D eigenvalue weighted by Crippen LogP contribution is -1.87. The van der Waals surface area contributed by atoms with Crippen molar-refractivity contribution in [2.75, 3.05) is 0 Å². The smallest absolute Gasteiger partial charge is 0.160 e. The van der Waals surface area contributed by atoms with Crippen molar-refractivity contribution in [3.8, 4) is 39.0 Å². The summed E-state index contributed by atoms with van der Waals surface area (Å²) < 4.78 is 0. The predicted octanol–water partition coefficient (Wildman–Crippen LogP) is 20.1. The molecular weight excluding hydrogens is 813 g/mol. The van der Waals surface area contributed by atoms with Crippen molar-refractivity contribution >= 4 is 63.0 Å². The fourth-order valence-corrected chi connectivity index (χ4v) is 14.5. The Kier molecular flexibility index (Phi) is 22.9. The first kappa shape index (κ1) is 48.2. The number of rotatable bonds is 33. The van der Waals surface area contributed by atoms with Crippen molar-refractivity contribution in [1.29, 1.82) is 0 Å². The van der Waals surface area contributed by atoms with Crippen LogP contribution in [0.4, 0.5) is 0 Å². The van der Waals surface area contributed by atoms with Crippen LogP contribution in [-0.2, 0) is 25.7 Å². The minimum absolute atomic E-state index is 0.874. The summed E-state index contributed by atoms with van der Waals surface area (Å²) in [6.45, 7) is 9.22.